The second kappa shape index (κ2) is 5.17. The minimum atomic E-state index is -2.94. The first-order valence-electron chi connectivity index (χ1n) is 5.88. The smallest absolute Gasteiger partial charge is 0.220 e. The van der Waals surface area contributed by atoms with Gasteiger partial charge in [0.15, 0.2) is 9.84 Å². The quantitative estimate of drug-likeness (QED) is 0.744. The van der Waals surface area contributed by atoms with E-state index in [1.165, 1.54) is 0 Å². The topological polar surface area (TPSA) is 63.2 Å². The van der Waals surface area contributed by atoms with Crippen LogP contribution < -0.4 is 5.32 Å². The molecular weight excluding hydrogens is 226 g/mol. The highest BCUT2D eigenvalue weighted by Gasteiger charge is 2.39. The normalized spacial score (nSPS) is 27.9. The molecule has 4 nitrogen and oxygen atoms in total. The lowest BCUT2D eigenvalue weighted by Crippen LogP contribution is -2.46. The van der Waals surface area contributed by atoms with Crippen molar-refractivity contribution in [2.45, 2.75) is 51.5 Å². The van der Waals surface area contributed by atoms with Crippen molar-refractivity contribution in [2.75, 3.05) is 11.5 Å². The molecule has 1 amide bonds. The van der Waals surface area contributed by atoms with E-state index < -0.39 is 15.4 Å². The van der Waals surface area contributed by atoms with Gasteiger partial charge in [0.25, 0.3) is 0 Å². The third-order valence-corrected chi connectivity index (χ3v) is 4.86. The molecule has 0 aromatic rings. The van der Waals surface area contributed by atoms with Gasteiger partial charge < -0.3 is 5.32 Å². The predicted octanol–water partition coefficient (Wildman–Crippen LogP) is 1.26. The van der Waals surface area contributed by atoms with Crippen molar-refractivity contribution in [1.29, 1.82) is 0 Å². The molecule has 1 unspecified atom stereocenters. The van der Waals surface area contributed by atoms with Crippen LogP contribution in [0.25, 0.3) is 0 Å². The highest BCUT2D eigenvalue weighted by molar-refractivity contribution is 7.91. The summed E-state index contributed by atoms with van der Waals surface area (Å²) in [6, 6.07) is 0. The Morgan fingerprint density at radius 1 is 1.38 bits per heavy atom. The average Bonchev–Trinajstić information content (AvgIpc) is 2.40. The van der Waals surface area contributed by atoms with E-state index in [4.69, 9.17) is 0 Å². The molecule has 1 rings (SSSR count). The van der Waals surface area contributed by atoms with Crippen LogP contribution in [0, 0.1) is 0 Å². The zero-order valence-electron chi connectivity index (χ0n) is 10.1. The fraction of sp³-hybridized carbons (Fsp3) is 0.909. The summed E-state index contributed by atoms with van der Waals surface area (Å²) in [6.45, 7) is 3.90. The first kappa shape index (κ1) is 13.5. The van der Waals surface area contributed by atoms with Crippen LogP contribution in [0.1, 0.15) is 46.0 Å². The van der Waals surface area contributed by atoms with E-state index in [1.807, 2.05) is 6.92 Å². The monoisotopic (exact) mass is 247 g/mol. The van der Waals surface area contributed by atoms with E-state index in [9.17, 15) is 13.2 Å². The van der Waals surface area contributed by atoms with Gasteiger partial charge in [0.2, 0.25) is 5.91 Å². The Morgan fingerprint density at radius 2 is 2.06 bits per heavy atom. The van der Waals surface area contributed by atoms with Gasteiger partial charge in [0.05, 0.1) is 17.0 Å². The first-order valence-corrected chi connectivity index (χ1v) is 7.70. The Labute approximate surface area is 97.7 Å². The van der Waals surface area contributed by atoms with Gasteiger partial charge >= 0.3 is 0 Å². The Bertz CT molecular complexity index is 350. The third kappa shape index (κ3) is 4.12. The number of unbranched alkanes of at least 4 members (excludes halogenated alkanes) is 2. The molecule has 1 N–H and O–H groups in total. The molecule has 1 atom stereocenters. The second-order valence-corrected chi connectivity index (χ2v) is 7.09. The highest BCUT2D eigenvalue weighted by Crippen LogP contribution is 2.22. The van der Waals surface area contributed by atoms with Gasteiger partial charge in [-0.25, -0.2) is 8.42 Å². The summed E-state index contributed by atoms with van der Waals surface area (Å²) in [5.74, 6) is 0.256. The van der Waals surface area contributed by atoms with Gasteiger partial charge in [-0.05, 0) is 19.8 Å². The predicted molar refractivity (Wildman–Crippen MR) is 64.0 cm³/mol. The molecule has 0 bridgehead atoms. The van der Waals surface area contributed by atoms with E-state index in [-0.39, 0.29) is 17.4 Å². The number of carbonyl (C=O) groups is 1. The van der Waals surface area contributed by atoms with Crippen molar-refractivity contribution in [3.63, 3.8) is 0 Å². The van der Waals surface area contributed by atoms with E-state index in [1.54, 1.807) is 0 Å². The first-order chi connectivity index (χ1) is 7.37. The van der Waals surface area contributed by atoms with E-state index in [0.29, 0.717) is 12.8 Å². The van der Waals surface area contributed by atoms with Crippen molar-refractivity contribution < 1.29 is 13.2 Å². The zero-order valence-corrected chi connectivity index (χ0v) is 10.9. The third-order valence-electron chi connectivity index (χ3n) is 2.95. The molecule has 1 fully saturated rings. The van der Waals surface area contributed by atoms with E-state index in [0.717, 1.165) is 19.3 Å². The summed E-state index contributed by atoms with van der Waals surface area (Å²) >= 11 is 0. The van der Waals surface area contributed by atoms with Gasteiger partial charge in [0, 0.05) is 6.42 Å². The van der Waals surface area contributed by atoms with Crippen LogP contribution in [-0.2, 0) is 14.6 Å². The molecule has 1 saturated heterocycles. The number of nitrogens with one attached hydrogen (secondary N) is 1. The average molecular weight is 247 g/mol. The summed E-state index contributed by atoms with van der Waals surface area (Å²) in [7, 11) is -2.94. The van der Waals surface area contributed by atoms with Crippen molar-refractivity contribution in [3.8, 4) is 0 Å². The minimum Gasteiger partial charge on any atom is -0.350 e. The molecule has 0 aromatic heterocycles. The van der Waals surface area contributed by atoms with Gasteiger partial charge in [-0.1, -0.05) is 19.8 Å². The summed E-state index contributed by atoms with van der Waals surface area (Å²) in [4.78, 5) is 11.6. The van der Waals surface area contributed by atoms with Crippen molar-refractivity contribution in [3.05, 3.63) is 0 Å². The highest BCUT2D eigenvalue weighted by atomic mass is 32.2. The number of rotatable bonds is 5. The Morgan fingerprint density at radius 3 is 2.56 bits per heavy atom. The lowest BCUT2D eigenvalue weighted by molar-refractivity contribution is -0.122. The molecule has 1 aliphatic rings. The lowest BCUT2D eigenvalue weighted by atomic mass is 10.0. The number of sulfone groups is 1. The van der Waals surface area contributed by atoms with Crippen molar-refractivity contribution >= 4 is 15.7 Å². The largest absolute Gasteiger partial charge is 0.350 e. The zero-order chi connectivity index (χ0) is 12.2. The summed E-state index contributed by atoms with van der Waals surface area (Å²) in [6.07, 6.45) is 4.05. The lowest BCUT2D eigenvalue weighted by Gasteiger charge is -2.23. The Balaban J connectivity index is 2.39. The Kier molecular flexibility index (Phi) is 4.35. The fourth-order valence-electron chi connectivity index (χ4n) is 2.04. The van der Waals surface area contributed by atoms with Gasteiger partial charge in [-0.15, -0.1) is 0 Å². The molecule has 0 aliphatic carbocycles. The van der Waals surface area contributed by atoms with Crippen molar-refractivity contribution in [1.82, 2.24) is 5.32 Å². The maximum absolute atomic E-state index is 11.6. The second-order valence-electron chi connectivity index (χ2n) is 4.91. The molecule has 1 aliphatic heterocycles. The standard InChI is InChI=1S/C11H21NO3S/c1-3-4-5-6-10(13)12-11(2)7-8-16(14,15)9-11/h3-9H2,1-2H3,(H,12,13). The van der Waals surface area contributed by atoms with Gasteiger partial charge in [0.1, 0.15) is 0 Å². The SMILES string of the molecule is CCCCCC(=O)NC1(C)CCS(=O)(=O)C1. The molecule has 0 aromatic carbocycles. The molecule has 0 saturated carbocycles. The molecule has 0 radical (unpaired) electrons. The minimum absolute atomic E-state index is 0.0203. The molecular formula is C11H21NO3S. The van der Waals surface area contributed by atoms with Crippen molar-refractivity contribution in [2.24, 2.45) is 0 Å². The van der Waals surface area contributed by atoms with E-state index in [2.05, 4.69) is 12.2 Å². The van der Waals surface area contributed by atoms with Crippen LogP contribution in [-0.4, -0.2) is 31.4 Å². The number of carbonyl (C=O) groups excluding carboxylic acids is 1. The van der Waals surface area contributed by atoms with Crippen LogP contribution in [0.3, 0.4) is 0 Å². The van der Waals surface area contributed by atoms with Crippen LogP contribution in [0.2, 0.25) is 0 Å². The van der Waals surface area contributed by atoms with Crippen LogP contribution in [0.4, 0.5) is 0 Å². The summed E-state index contributed by atoms with van der Waals surface area (Å²) < 4.78 is 22.7. The van der Waals surface area contributed by atoms with Gasteiger partial charge in [-0.3, -0.25) is 4.79 Å². The van der Waals surface area contributed by atoms with E-state index >= 15 is 0 Å². The van der Waals surface area contributed by atoms with Crippen LogP contribution in [0.5, 0.6) is 0 Å². The molecule has 0 spiro atoms. The molecule has 1 heterocycles. The number of amides is 1. The fourth-order valence-corrected chi connectivity index (χ4v) is 4.14. The van der Waals surface area contributed by atoms with Gasteiger partial charge in [-0.2, -0.15) is 0 Å². The maximum Gasteiger partial charge on any atom is 0.220 e. The van der Waals surface area contributed by atoms with Crippen LogP contribution in [0.15, 0.2) is 0 Å². The molecule has 5 heteroatoms. The summed E-state index contributed by atoms with van der Waals surface area (Å²) in [5.41, 5.74) is -0.540. The number of hydrogen-bond acceptors (Lipinski definition) is 3. The molecule has 16 heavy (non-hydrogen) atoms. The maximum atomic E-state index is 11.6. The summed E-state index contributed by atoms with van der Waals surface area (Å²) in [5, 5.41) is 2.85. The number of hydrogen-bond donors (Lipinski definition) is 1. The molecule has 94 valence electrons. The Hall–Kier alpha value is -0.580. The van der Waals surface area contributed by atoms with Crippen LogP contribution >= 0.6 is 0 Å².